The zero-order chi connectivity index (χ0) is 16.2. The van der Waals surface area contributed by atoms with Crippen LogP contribution in [0.4, 0.5) is 4.79 Å². The molecule has 4 heteroatoms. The summed E-state index contributed by atoms with van der Waals surface area (Å²) >= 11 is 0. The Morgan fingerprint density at radius 3 is 2.59 bits per heavy atom. The molecule has 0 bridgehead atoms. The zero-order valence-electron chi connectivity index (χ0n) is 14.1. The van der Waals surface area contributed by atoms with Crippen LogP contribution in [0, 0.1) is 5.92 Å². The number of nitrogens with zero attached hydrogens (tertiary/aromatic N) is 1. The van der Waals surface area contributed by atoms with Gasteiger partial charge in [0.25, 0.3) is 0 Å². The lowest BCUT2D eigenvalue weighted by atomic mass is 10.0. The van der Waals surface area contributed by atoms with Crippen molar-refractivity contribution < 1.29 is 9.53 Å². The molecule has 2 rings (SSSR count). The van der Waals surface area contributed by atoms with Gasteiger partial charge in [-0.05, 0) is 58.7 Å². The normalized spacial score (nSPS) is 19.7. The van der Waals surface area contributed by atoms with Gasteiger partial charge in [0.15, 0.2) is 0 Å². The molecule has 0 aromatic heterocycles. The van der Waals surface area contributed by atoms with Crippen LogP contribution in [0.2, 0.25) is 0 Å². The maximum atomic E-state index is 12.6. The molecule has 1 aromatic carbocycles. The molecule has 2 atom stereocenters. The summed E-state index contributed by atoms with van der Waals surface area (Å²) in [4.78, 5) is 14.5. The lowest BCUT2D eigenvalue weighted by Gasteiger charge is -2.33. The van der Waals surface area contributed by atoms with Gasteiger partial charge < -0.3 is 15.0 Å². The first-order valence-electron chi connectivity index (χ1n) is 8.12. The van der Waals surface area contributed by atoms with Gasteiger partial charge in [0.1, 0.15) is 5.60 Å². The molecule has 1 aliphatic rings. The van der Waals surface area contributed by atoms with Gasteiger partial charge in [-0.1, -0.05) is 30.3 Å². The summed E-state index contributed by atoms with van der Waals surface area (Å²) in [5, 5.41) is 3.36. The standard InChI is InChI=1S/C18H28N2O2/c1-14(16-8-6-5-7-9-16)20(13-15-10-11-19-12-15)17(21)22-18(2,3)4/h5-9,14-15,19H,10-13H2,1-4H3/t14-,15-/m0/s1. The van der Waals surface area contributed by atoms with Crippen molar-refractivity contribution in [2.45, 2.75) is 45.8 Å². The fourth-order valence-corrected chi connectivity index (χ4v) is 2.77. The SMILES string of the molecule is C[C@@H](c1ccccc1)N(C[C@H]1CCNC1)C(=O)OC(C)(C)C. The Morgan fingerprint density at radius 1 is 1.36 bits per heavy atom. The summed E-state index contributed by atoms with van der Waals surface area (Å²) in [7, 11) is 0. The molecule has 4 nitrogen and oxygen atoms in total. The van der Waals surface area contributed by atoms with Gasteiger partial charge in [-0.2, -0.15) is 0 Å². The first-order chi connectivity index (χ1) is 10.4. The van der Waals surface area contributed by atoms with Crippen LogP contribution in [0.25, 0.3) is 0 Å². The first kappa shape index (κ1) is 16.8. The van der Waals surface area contributed by atoms with E-state index in [2.05, 4.69) is 24.4 Å². The van der Waals surface area contributed by atoms with E-state index in [0.29, 0.717) is 5.92 Å². The molecule has 1 saturated heterocycles. The monoisotopic (exact) mass is 304 g/mol. The van der Waals surface area contributed by atoms with E-state index in [-0.39, 0.29) is 12.1 Å². The van der Waals surface area contributed by atoms with E-state index in [1.165, 1.54) is 0 Å². The van der Waals surface area contributed by atoms with Crippen molar-refractivity contribution in [2.75, 3.05) is 19.6 Å². The third-order valence-corrected chi connectivity index (χ3v) is 3.99. The molecule has 122 valence electrons. The lowest BCUT2D eigenvalue weighted by molar-refractivity contribution is 0.0143. The van der Waals surface area contributed by atoms with Crippen LogP contribution in [0.15, 0.2) is 30.3 Å². The Hall–Kier alpha value is -1.55. The lowest BCUT2D eigenvalue weighted by Crippen LogP contribution is -2.41. The maximum Gasteiger partial charge on any atom is 0.410 e. The molecule has 1 fully saturated rings. The minimum atomic E-state index is -0.473. The van der Waals surface area contributed by atoms with Gasteiger partial charge in [0.2, 0.25) is 0 Å². The van der Waals surface area contributed by atoms with Gasteiger partial charge >= 0.3 is 6.09 Å². The second-order valence-electron chi connectivity index (χ2n) is 7.08. The highest BCUT2D eigenvalue weighted by molar-refractivity contribution is 5.68. The van der Waals surface area contributed by atoms with Crippen LogP contribution in [0.5, 0.6) is 0 Å². The summed E-state index contributed by atoms with van der Waals surface area (Å²) in [5.41, 5.74) is 0.666. The number of benzene rings is 1. The van der Waals surface area contributed by atoms with Crippen LogP contribution in [0.3, 0.4) is 0 Å². The van der Waals surface area contributed by atoms with E-state index in [1.54, 1.807) is 0 Å². The molecule has 0 saturated carbocycles. The smallest absolute Gasteiger partial charge is 0.410 e. The molecule has 0 radical (unpaired) electrons. The first-order valence-corrected chi connectivity index (χ1v) is 8.12. The van der Waals surface area contributed by atoms with Crippen molar-refractivity contribution in [3.63, 3.8) is 0 Å². The van der Waals surface area contributed by atoms with Gasteiger partial charge in [0.05, 0.1) is 6.04 Å². The van der Waals surface area contributed by atoms with Crippen LogP contribution in [-0.4, -0.2) is 36.2 Å². The number of nitrogens with one attached hydrogen (secondary N) is 1. The Bertz CT molecular complexity index is 476. The number of amides is 1. The Morgan fingerprint density at radius 2 is 2.05 bits per heavy atom. The van der Waals surface area contributed by atoms with Crippen LogP contribution in [0.1, 0.15) is 45.7 Å². The number of carbonyl (C=O) groups excluding carboxylic acids is 1. The summed E-state index contributed by atoms with van der Waals surface area (Å²) in [6.45, 7) is 10.5. The molecule has 22 heavy (non-hydrogen) atoms. The van der Waals surface area contributed by atoms with Crippen molar-refractivity contribution >= 4 is 6.09 Å². The van der Waals surface area contributed by atoms with Crippen LogP contribution in [-0.2, 0) is 4.74 Å². The molecule has 1 N–H and O–H groups in total. The fourth-order valence-electron chi connectivity index (χ4n) is 2.77. The number of carbonyl (C=O) groups is 1. The van der Waals surface area contributed by atoms with E-state index in [4.69, 9.17) is 4.74 Å². The third-order valence-electron chi connectivity index (χ3n) is 3.99. The molecule has 0 aliphatic carbocycles. The van der Waals surface area contributed by atoms with Crippen molar-refractivity contribution in [3.05, 3.63) is 35.9 Å². The van der Waals surface area contributed by atoms with Gasteiger partial charge in [-0.3, -0.25) is 0 Å². The Kier molecular flexibility index (Phi) is 5.46. The van der Waals surface area contributed by atoms with Crippen LogP contribution < -0.4 is 5.32 Å². The van der Waals surface area contributed by atoms with Crippen molar-refractivity contribution in [1.29, 1.82) is 0 Å². The van der Waals surface area contributed by atoms with Crippen molar-refractivity contribution in [3.8, 4) is 0 Å². The highest BCUT2D eigenvalue weighted by Crippen LogP contribution is 2.25. The molecule has 0 spiro atoms. The van der Waals surface area contributed by atoms with Gasteiger partial charge in [-0.15, -0.1) is 0 Å². The number of hydrogen-bond acceptors (Lipinski definition) is 3. The van der Waals surface area contributed by atoms with Crippen LogP contribution >= 0.6 is 0 Å². The predicted molar refractivity (Wildman–Crippen MR) is 88.8 cm³/mol. The predicted octanol–water partition coefficient (Wildman–Crippen LogP) is 3.59. The Balaban J connectivity index is 2.14. The van der Waals surface area contributed by atoms with Crippen molar-refractivity contribution in [1.82, 2.24) is 10.2 Å². The average molecular weight is 304 g/mol. The zero-order valence-corrected chi connectivity index (χ0v) is 14.1. The molecule has 0 unspecified atom stereocenters. The van der Waals surface area contributed by atoms with E-state index in [1.807, 2.05) is 43.9 Å². The Labute approximate surface area is 133 Å². The summed E-state index contributed by atoms with van der Waals surface area (Å²) in [6, 6.07) is 10.2. The molecular formula is C18H28N2O2. The fraction of sp³-hybridized carbons (Fsp3) is 0.611. The minimum Gasteiger partial charge on any atom is -0.444 e. The van der Waals surface area contributed by atoms with E-state index >= 15 is 0 Å². The molecule has 1 aliphatic heterocycles. The topological polar surface area (TPSA) is 41.6 Å². The third kappa shape index (κ3) is 4.73. The second kappa shape index (κ2) is 7.14. The molecule has 1 aromatic rings. The second-order valence-corrected chi connectivity index (χ2v) is 7.08. The number of ether oxygens (including phenoxy) is 1. The van der Waals surface area contributed by atoms with E-state index in [9.17, 15) is 4.79 Å². The molecular weight excluding hydrogens is 276 g/mol. The van der Waals surface area contributed by atoms with E-state index in [0.717, 1.165) is 31.6 Å². The minimum absolute atomic E-state index is 0.0108. The van der Waals surface area contributed by atoms with E-state index < -0.39 is 5.60 Å². The molecule has 1 amide bonds. The highest BCUT2D eigenvalue weighted by Gasteiger charge is 2.29. The summed E-state index contributed by atoms with van der Waals surface area (Å²) in [5.74, 6) is 0.499. The number of rotatable bonds is 4. The van der Waals surface area contributed by atoms with Gasteiger partial charge in [-0.25, -0.2) is 4.79 Å². The largest absolute Gasteiger partial charge is 0.444 e. The van der Waals surface area contributed by atoms with Gasteiger partial charge in [0, 0.05) is 6.54 Å². The summed E-state index contributed by atoms with van der Waals surface area (Å²) in [6.07, 6.45) is 0.886. The molecule has 1 heterocycles. The average Bonchev–Trinajstić information content (AvgIpc) is 2.96. The maximum absolute atomic E-state index is 12.6. The quantitative estimate of drug-likeness (QED) is 0.924. The summed E-state index contributed by atoms with van der Waals surface area (Å²) < 4.78 is 5.62. The highest BCUT2D eigenvalue weighted by atomic mass is 16.6. The van der Waals surface area contributed by atoms with Crippen molar-refractivity contribution in [2.24, 2.45) is 5.92 Å². The number of hydrogen-bond donors (Lipinski definition) is 1.